The van der Waals surface area contributed by atoms with Crippen LogP contribution in [0, 0.1) is 0 Å². The summed E-state index contributed by atoms with van der Waals surface area (Å²) in [4.78, 5) is 27.7. The maximum atomic E-state index is 13.4. The zero-order valence-electron chi connectivity index (χ0n) is 19.3. The second-order valence-electron chi connectivity index (χ2n) is 8.78. The van der Waals surface area contributed by atoms with Gasteiger partial charge in [-0.25, -0.2) is 8.42 Å². The first-order valence-electron chi connectivity index (χ1n) is 10.3. The third-order valence-electron chi connectivity index (χ3n) is 4.74. The quantitative estimate of drug-likeness (QED) is 0.575. The molecule has 2 amide bonds. The Hall–Kier alpha value is -2.29. The molecule has 0 heterocycles. The Balaban J connectivity index is 2.42. The highest BCUT2D eigenvalue weighted by molar-refractivity contribution is 7.92. The lowest BCUT2D eigenvalue weighted by Gasteiger charge is -2.33. The number of halogens is 2. The number of amides is 2. The molecule has 7 nitrogen and oxygen atoms in total. The molecule has 1 N–H and O–H groups in total. The number of nitrogens with one attached hydrogen (secondary N) is 1. The fourth-order valence-electron chi connectivity index (χ4n) is 3.11. The van der Waals surface area contributed by atoms with Crippen LogP contribution in [0.25, 0.3) is 0 Å². The van der Waals surface area contributed by atoms with Crippen LogP contribution in [0.15, 0.2) is 48.5 Å². The Morgan fingerprint density at radius 3 is 2.24 bits per heavy atom. The van der Waals surface area contributed by atoms with E-state index in [4.69, 9.17) is 23.2 Å². The number of benzene rings is 2. The molecule has 1 atom stereocenters. The number of rotatable bonds is 8. The van der Waals surface area contributed by atoms with Gasteiger partial charge in [0.25, 0.3) is 0 Å². The van der Waals surface area contributed by atoms with Crippen LogP contribution >= 0.6 is 23.2 Å². The Bertz CT molecular complexity index is 1120. The van der Waals surface area contributed by atoms with E-state index in [1.165, 1.54) is 11.0 Å². The van der Waals surface area contributed by atoms with Crippen molar-refractivity contribution in [3.05, 3.63) is 64.1 Å². The molecule has 0 fully saturated rings. The van der Waals surface area contributed by atoms with Gasteiger partial charge in [0.1, 0.15) is 12.6 Å². The van der Waals surface area contributed by atoms with E-state index in [0.29, 0.717) is 15.6 Å². The van der Waals surface area contributed by atoms with Crippen LogP contribution in [0.3, 0.4) is 0 Å². The summed E-state index contributed by atoms with van der Waals surface area (Å²) in [5.41, 5.74) is 0.378. The maximum absolute atomic E-state index is 13.4. The summed E-state index contributed by atoms with van der Waals surface area (Å²) in [6.07, 6.45) is 1.01. The van der Waals surface area contributed by atoms with Crippen molar-refractivity contribution in [2.75, 3.05) is 17.1 Å². The summed E-state index contributed by atoms with van der Waals surface area (Å²) in [6, 6.07) is 12.3. The van der Waals surface area contributed by atoms with Gasteiger partial charge in [-0.15, -0.1) is 0 Å². The van der Waals surface area contributed by atoms with E-state index in [1.807, 2.05) is 20.8 Å². The molecule has 0 spiro atoms. The van der Waals surface area contributed by atoms with Gasteiger partial charge < -0.3 is 10.2 Å². The van der Waals surface area contributed by atoms with E-state index >= 15 is 0 Å². The van der Waals surface area contributed by atoms with Crippen molar-refractivity contribution in [1.82, 2.24) is 10.2 Å². The number of hydrogen-bond donors (Lipinski definition) is 1. The van der Waals surface area contributed by atoms with Gasteiger partial charge >= 0.3 is 0 Å². The maximum Gasteiger partial charge on any atom is 0.244 e. The number of carbonyl (C=O) groups is 2. The number of sulfonamides is 1. The molecule has 2 aromatic rings. The van der Waals surface area contributed by atoms with Gasteiger partial charge in [0.2, 0.25) is 21.8 Å². The van der Waals surface area contributed by atoms with E-state index in [2.05, 4.69) is 5.32 Å². The van der Waals surface area contributed by atoms with Crippen molar-refractivity contribution in [1.29, 1.82) is 0 Å². The molecular weight excluding hydrogens is 485 g/mol. The number of anilines is 1. The van der Waals surface area contributed by atoms with Crippen molar-refractivity contribution in [2.24, 2.45) is 0 Å². The molecule has 0 saturated heterocycles. The predicted octanol–water partition coefficient (Wildman–Crippen LogP) is 4.09. The molecule has 10 heteroatoms. The van der Waals surface area contributed by atoms with Crippen molar-refractivity contribution in [3.8, 4) is 0 Å². The first-order valence-corrected chi connectivity index (χ1v) is 12.9. The molecule has 0 bridgehead atoms. The monoisotopic (exact) mass is 513 g/mol. The molecule has 0 aliphatic heterocycles. The molecule has 180 valence electrons. The first-order chi connectivity index (χ1) is 15.2. The van der Waals surface area contributed by atoms with Crippen molar-refractivity contribution in [3.63, 3.8) is 0 Å². The van der Waals surface area contributed by atoms with E-state index in [0.717, 1.165) is 10.6 Å². The molecule has 0 aliphatic rings. The van der Waals surface area contributed by atoms with Gasteiger partial charge in [0.15, 0.2) is 0 Å². The Labute approximate surface area is 205 Å². The summed E-state index contributed by atoms with van der Waals surface area (Å²) in [7, 11) is -3.82. The van der Waals surface area contributed by atoms with Gasteiger partial charge in [0, 0.05) is 22.1 Å². The van der Waals surface area contributed by atoms with Crippen LogP contribution in [0.1, 0.15) is 33.3 Å². The van der Waals surface area contributed by atoms with Crippen LogP contribution in [0.2, 0.25) is 10.0 Å². The molecule has 0 aliphatic carbocycles. The van der Waals surface area contributed by atoms with Gasteiger partial charge in [-0.1, -0.05) is 47.5 Å². The average Bonchev–Trinajstić information content (AvgIpc) is 2.68. The van der Waals surface area contributed by atoms with E-state index in [9.17, 15) is 18.0 Å². The van der Waals surface area contributed by atoms with E-state index in [-0.39, 0.29) is 18.1 Å². The highest BCUT2D eigenvalue weighted by Gasteiger charge is 2.31. The van der Waals surface area contributed by atoms with Gasteiger partial charge in [-0.3, -0.25) is 13.9 Å². The summed E-state index contributed by atoms with van der Waals surface area (Å²) in [6.45, 7) is 6.63. The fourth-order valence-corrected chi connectivity index (χ4v) is 4.33. The van der Waals surface area contributed by atoms with E-state index < -0.39 is 34.1 Å². The highest BCUT2D eigenvalue weighted by Crippen LogP contribution is 2.23. The van der Waals surface area contributed by atoms with Gasteiger partial charge in [-0.05, 0) is 57.5 Å². The highest BCUT2D eigenvalue weighted by atomic mass is 35.5. The lowest BCUT2D eigenvalue weighted by atomic mass is 10.1. The molecule has 0 saturated carbocycles. The van der Waals surface area contributed by atoms with Crippen LogP contribution in [0.5, 0.6) is 0 Å². The molecule has 0 radical (unpaired) electrons. The van der Waals surface area contributed by atoms with Crippen LogP contribution in [0.4, 0.5) is 5.69 Å². The number of carbonyl (C=O) groups excluding carboxylic acids is 2. The number of hydrogen-bond acceptors (Lipinski definition) is 4. The second kappa shape index (κ2) is 10.8. The van der Waals surface area contributed by atoms with Crippen molar-refractivity contribution < 1.29 is 18.0 Å². The summed E-state index contributed by atoms with van der Waals surface area (Å²) in [5.74, 6) is -0.923. The largest absolute Gasteiger partial charge is 0.350 e. The van der Waals surface area contributed by atoms with Crippen LogP contribution < -0.4 is 9.62 Å². The minimum absolute atomic E-state index is 0.0321. The van der Waals surface area contributed by atoms with Crippen LogP contribution in [-0.2, 0) is 26.2 Å². The third kappa shape index (κ3) is 7.91. The minimum Gasteiger partial charge on any atom is -0.350 e. The van der Waals surface area contributed by atoms with Gasteiger partial charge in [-0.2, -0.15) is 0 Å². The van der Waals surface area contributed by atoms with E-state index in [1.54, 1.807) is 49.4 Å². The third-order valence-corrected chi connectivity index (χ3v) is 6.48. The molecule has 0 unspecified atom stereocenters. The van der Waals surface area contributed by atoms with Crippen LogP contribution in [-0.4, -0.2) is 49.5 Å². The topological polar surface area (TPSA) is 86.8 Å². The molecule has 33 heavy (non-hydrogen) atoms. The smallest absolute Gasteiger partial charge is 0.244 e. The molecule has 2 aromatic carbocycles. The predicted molar refractivity (Wildman–Crippen MR) is 133 cm³/mol. The standard InChI is InChI=1S/C23H29Cl2N3O4S/c1-16(22(30)26-23(2,3)4)27(14-17-9-6-7-12-20(17)25)21(29)15-28(33(5,31)32)19-11-8-10-18(24)13-19/h6-13,16H,14-15H2,1-5H3,(H,26,30)/t16-/m0/s1. The molecule has 2 rings (SSSR count). The zero-order valence-corrected chi connectivity index (χ0v) is 21.6. The Morgan fingerprint density at radius 2 is 1.70 bits per heavy atom. The Morgan fingerprint density at radius 1 is 1.06 bits per heavy atom. The second-order valence-corrected chi connectivity index (χ2v) is 11.5. The summed E-state index contributed by atoms with van der Waals surface area (Å²) >= 11 is 12.3. The number of nitrogens with zero attached hydrogens (tertiary/aromatic N) is 2. The normalized spacial score (nSPS) is 12.7. The zero-order chi connectivity index (χ0) is 25.0. The molecular formula is C23H29Cl2N3O4S. The molecule has 0 aromatic heterocycles. The first kappa shape index (κ1) is 27.0. The SMILES string of the molecule is C[C@@H](C(=O)NC(C)(C)C)N(Cc1ccccc1Cl)C(=O)CN(c1cccc(Cl)c1)S(C)(=O)=O. The van der Waals surface area contributed by atoms with Gasteiger partial charge in [0.05, 0.1) is 11.9 Å². The lowest BCUT2D eigenvalue weighted by molar-refractivity contribution is -0.140. The van der Waals surface area contributed by atoms with Crippen molar-refractivity contribution in [2.45, 2.75) is 45.8 Å². The summed E-state index contributed by atoms with van der Waals surface area (Å²) < 4.78 is 26.0. The van der Waals surface area contributed by atoms with Crippen molar-refractivity contribution >= 4 is 50.7 Å². The lowest BCUT2D eigenvalue weighted by Crippen LogP contribution is -2.54. The Kier molecular flexibility index (Phi) is 8.79. The summed E-state index contributed by atoms with van der Waals surface area (Å²) in [5, 5.41) is 3.63. The average molecular weight is 514 g/mol. The fraction of sp³-hybridized carbons (Fsp3) is 0.391. The minimum atomic E-state index is -3.82.